The molecule has 0 bridgehead atoms. The lowest BCUT2D eigenvalue weighted by Gasteiger charge is -2.33. The van der Waals surface area contributed by atoms with E-state index >= 15 is 0 Å². The fourth-order valence-electron chi connectivity index (χ4n) is 1.09. The van der Waals surface area contributed by atoms with Crippen LogP contribution in [0.3, 0.4) is 0 Å². The van der Waals surface area contributed by atoms with E-state index in [1.807, 2.05) is 0 Å². The molecular weight excluding hydrogens is 258 g/mol. The van der Waals surface area contributed by atoms with Gasteiger partial charge in [0.15, 0.2) is 0 Å². The summed E-state index contributed by atoms with van der Waals surface area (Å²) in [5, 5.41) is 0. The van der Waals surface area contributed by atoms with Crippen molar-refractivity contribution in [3.8, 4) is 0 Å². The molecule has 2 nitrogen and oxygen atoms in total. The first-order valence-electron chi connectivity index (χ1n) is 3.58. The summed E-state index contributed by atoms with van der Waals surface area (Å²) >= 11 is 2.47. The average Bonchev–Trinajstić information content (AvgIpc) is 1.88. The average molecular weight is 272 g/mol. The van der Waals surface area contributed by atoms with Crippen molar-refractivity contribution >= 4 is 32.0 Å². The van der Waals surface area contributed by atoms with Crippen LogP contribution in [0, 0.1) is 0 Å². The molecule has 0 aromatic rings. The summed E-state index contributed by atoms with van der Waals surface area (Å²) in [4.78, 5) is 2.50. The Morgan fingerprint density at radius 1 is 1.30 bits per heavy atom. The molecule has 0 N–H and O–H groups in total. The molecule has 1 rings (SSSR count). The van der Waals surface area contributed by atoms with E-state index in [-0.39, 0.29) is 0 Å². The zero-order chi connectivity index (χ0) is 7.56. The van der Waals surface area contributed by atoms with E-state index in [9.17, 15) is 0 Å². The highest BCUT2D eigenvalue weighted by molar-refractivity contribution is 14.1. The Morgan fingerprint density at radius 2 is 1.80 bits per heavy atom. The van der Waals surface area contributed by atoms with Crippen LogP contribution in [0.5, 0.6) is 0 Å². The van der Waals surface area contributed by atoms with Crippen molar-refractivity contribution in [3.05, 3.63) is 0 Å². The number of piperazine rings is 1. The van der Waals surface area contributed by atoms with E-state index in [1.54, 1.807) is 0 Å². The molecule has 10 heavy (non-hydrogen) atoms. The second-order valence-electron chi connectivity index (χ2n) is 2.65. The molecule has 1 aliphatic rings. The molecule has 0 saturated carbocycles. The quantitative estimate of drug-likeness (QED) is 0.306. The van der Waals surface area contributed by atoms with E-state index in [2.05, 4.69) is 48.5 Å². The van der Waals surface area contributed by atoms with Gasteiger partial charge >= 0.3 is 0 Å². The van der Waals surface area contributed by atoms with Crippen molar-refractivity contribution in [2.75, 3.05) is 26.2 Å². The predicted molar refractivity (Wildman–Crippen MR) is 56.3 cm³/mol. The van der Waals surface area contributed by atoms with Crippen LogP contribution >= 0.6 is 32.0 Å². The van der Waals surface area contributed by atoms with Gasteiger partial charge in [-0.05, 0) is 6.92 Å². The first-order chi connectivity index (χ1) is 4.70. The normalized spacial score (nSPS) is 26.7. The van der Waals surface area contributed by atoms with Crippen LogP contribution in [0.2, 0.25) is 0 Å². The summed E-state index contributed by atoms with van der Waals surface area (Å²) < 4.78 is 2.99. The molecule has 4 heteroatoms. The van der Waals surface area contributed by atoms with Crippen molar-refractivity contribution < 1.29 is 0 Å². The second-order valence-corrected chi connectivity index (χ2v) is 5.18. The Bertz CT molecular complexity index is 102. The highest BCUT2D eigenvalue weighted by atomic mass is 127. The minimum Gasteiger partial charge on any atom is -0.289 e. The van der Waals surface area contributed by atoms with Crippen LogP contribution in [0.4, 0.5) is 0 Å². The van der Waals surface area contributed by atoms with Gasteiger partial charge in [-0.25, -0.2) is 0 Å². The van der Waals surface area contributed by atoms with Gasteiger partial charge in [-0.15, -0.1) is 0 Å². The zero-order valence-electron chi connectivity index (χ0n) is 6.26. The molecule has 0 spiro atoms. The molecule has 2 unspecified atom stereocenters. The Labute approximate surface area is 78.7 Å². The number of nitrogens with zero attached hydrogens (tertiary/aromatic N) is 2. The molecule has 2 atom stereocenters. The molecule has 1 fully saturated rings. The Balaban J connectivity index is 2.26. The van der Waals surface area contributed by atoms with Crippen LogP contribution in [-0.4, -0.2) is 39.8 Å². The number of hydrogen-bond donors (Lipinski definition) is 0. The molecule has 1 saturated heterocycles. The number of hydrogen-bond acceptors (Lipinski definition) is 2. The monoisotopic (exact) mass is 272 g/mol. The SMILES string of the molecule is CC(I)N1CCN(P)CC1. The van der Waals surface area contributed by atoms with Gasteiger partial charge < -0.3 is 0 Å². The Kier molecular flexibility index (Phi) is 3.84. The van der Waals surface area contributed by atoms with E-state index in [0.717, 1.165) is 0 Å². The third-order valence-corrected chi connectivity index (χ3v) is 3.16. The molecule has 0 aliphatic carbocycles. The standard InChI is InChI=1S/C6H14IN2P/c1-6(7)8-2-4-9(10)5-3-8/h6H,2-5,10H2,1H3. The fraction of sp³-hybridized carbons (Fsp3) is 1.00. The predicted octanol–water partition coefficient (Wildman–Crippen LogP) is 1.18. The molecule has 0 radical (unpaired) electrons. The van der Waals surface area contributed by atoms with Crippen LogP contribution in [0.25, 0.3) is 0 Å². The third-order valence-electron chi connectivity index (χ3n) is 1.85. The van der Waals surface area contributed by atoms with E-state index < -0.39 is 0 Å². The van der Waals surface area contributed by atoms with Gasteiger partial charge in [0.25, 0.3) is 0 Å². The van der Waals surface area contributed by atoms with E-state index in [0.29, 0.717) is 4.05 Å². The van der Waals surface area contributed by atoms with Crippen molar-refractivity contribution in [2.45, 2.75) is 11.0 Å². The number of rotatable bonds is 1. The maximum atomic E-state index is 2.76. The summed E-state index contributed by atoms with van der Waals surface area (Å²) in [7, 11) is 2.76. The van der Waals surface area contributed by atoms with E-state index in [4.69, 9.17) is 0 Å². The smallest absolute Gasteiger partial charge is 0.0590 e. The van der Waals surface area contributed by atoms with Crippen molar-refractivity contribution in [1.29, 1.82) is 0 Å². The third kappa shape index (κ3) is 2.61. The van der Waals surface area contributed by atoms with Gasteiger partial charge in [-0.3, -0.25) is 9.57 Å². The van der Waals surface area contributed by atoms with Crippen molar-refractivity contribution in [1.82, 2.24) is 9.57 Å². The maximum absolute atomic E-state index is 2.76. The first kappa shape index (κ1) is 9.17. The maximum Gasteiger partial charge on any atom is 0.0590 e. The minimum absolute atomic E-state index is 0.691. The zero-order valence-corrected chi connectivity index (χ0v) is 9.57. The van der Waals surface area contributed by atoms with Gasteiger partial charge in [0.2, 0.25) is 0 Å². The first-order valence-corrected chi connectivity index (χ1v) is 5.34. The highest BCUT2D eigenvalue weighted by Crippen LogP contribution is 2.12. The van der Waals surface area contributed by atoms with Crippen LogP contribution in [0.1, 0.15) is 6.92 Å². The minimum atomic E-state index is 0.691. The Morgan fingerprint density at radius 3 is 2.20 bits per heavy atom. The lowest BCUT2D eigenvalue weighted by Crippen LogP contribution is -2.44. The second kappa shape index (κ2) is 4.19. The number of alkyl halides is 1. The van der Waals surface area contributed by atoms with Crippen LogP contribution < -0.4 is 0 Å². The molecule has 1 aliphatic heterocycles. The summed E-state index contributed by atoms with van der Waals surface area (Å²) in [6, 6.07) is 0. The molecule has 1 heterocycles. The summed E-state index contributed by atoms with van der Waals surface area (Å²) in [5.74, 6) is 0. The summed E-state index contributed by atoms with van der Waals surface area (Å²) in [5.41, 5.74) is 0. The Hall–Kier alpha value is 1.08. The van der Waals surface area contributed by atoms with Gasteiger partial charge in [0, 0.05) is 26.2 Å². The van der Waals surface area contributed by atoms with Crippen molar-refractivity contribution in [2.24, 2.45) is 0 Å². The lowest BCUT2D eigenvalue weighted by molar-refractivity contribution is 0.197. The van der Waals surface area contributed by atoms with E-state index in [1.165, 1.54) is 26.2 Å². The highest BCUT2D eigenvalue weighted by Gasteiger charge is 2.16. The van der Waals surface area contributed by atoms with Gasteiger partial charge in [-0.1, -0.05) is 32.0 Å². The molecule has 0 amide bonds. The lowest BCUT2D eigenvalue weighted by atomic mass is 10.4. The largest absolute Gasteiger partial charge is 0.289 e. The van der Waals surface area contributed by atoms with Gasteiger partial charge in [0.1, 0.15) is 0 Å². The topological polar surface area (TPSA) is 6.48 Å². The molecule has 60 valence electrons. The van der Waals surface area contributed by atoms with Crippen molar-refractivity contribution in [3.63, 3.8) is 0 Å². The van der Waals surface area contributed by atoms with Crippen LogP contribution in [0.15, 0.2) is 0 Å². The van der Waals surface area contributed by atoms with Gasteiger partial charge in [0.05, 0.1) is 4.05 Å². The fourth-order valence-corrected chi connectivity index (χ4v) is 1.88. The summed E-state index contributed by atoms with van der Waals surface area (Å²) in [6.07, 6.45) is 0. The molecule has 0 aromatic heterocycles. The molecule has 0 aromatic carbocycles. The van der Waals surface area contributed by atoms with Gasteiger partial charge in [-0.2, -0.15) is 0 Å². The number of halogens is 1. The summed E-state index contributed by atoms with van der Waals surface area (Å²) in [6.45, 7) is 7.07. The van der Waals surface area contributed by atoms with Crippen LogP contribution in [-0.2, 0) is 0 Å². The molecular formula is C6H14IN2P.